The second-order valence-electron chi connectivity index (χ2n) is 16.7. The maximum atomic E-state index is 13.0. The summed E-state index contributed by atoms with van der Waals surface area (Å²) in [6, 6.07) is 0. The van der Waals surface area contributed by atoms with Gasteiger partial charge < -0.3 is 39.1 Å². The Labute approximate surface area is 270 Å². The molecule has 0 aliphatic carbocycles. The smallest absolute Gasteiger partial charge is 0.261 e. The highest BCUT2D eigenvalue weighted by molar-refractivity contribution is 6.75. The Balaban J connectivity index is 2.39. The lowest BCUT2D eigenvalue weighted by atomic mass is 10.0. The quantitative estimate of drug-likeness (QED) is 0.0940. The minimum atomic E-state index is -2.94. The number of nitrogen functional groups attached to an aromatic ring is 2. The fourth-order valence-corrected chi connectivity index (χ4v) is 8.03. The molecule has 2 aromatic heterocycles. The molecule has 2 aromatic rings. The van der Waals surface area contributed by atoms with Crippen LogP contribution in [-0.2, 0) is 18.0 Å². The van der Waals surface area contributed by atoms with Crippen molar-refractivity contribution in [2.75, 3.05) is 11.2 Å². The molecule has 1 aliphatic rings. The molecule has 17 heteroatoms. The summed E-state index contributed by atoms with van der Waals surface area (Å²) < 4.78 is 27.8. The van der Waals surface area contributed by atoms with Crippen LogP contribution in [0.5, 0.6) is 0 Å². The van der Waals surface area contributed by atoms with Crippen LogP contribution in [0.4, 0.5) is 11.8 Å². The summed E-state index contributed by atoms with van der Waals surface area (Å²) in [4.78, 5) is 12.9. The van der Waals surface area contributed by atoms with Crippen molar-refractivity contribution in [2.24, 2.45) is 5.84 Å². The number of hydrogen-bond donors (Lipinski definition) is 6. The van der Waals surface area contributed by atoms with Crippen molar-refractivity contribution in [3.63, 3.8) is 0 Å². The average Bonchev–Trinajstić information content (AvgIpc) is 3.33. The summed E-state index contributed by atoms with van der Waals surface area (Å²) in [5.41, 5.74) is 8.91. The highest BCUT2D eigenvalue weighted by Crippen LogP contribution is 2.55. The number of aromatic nitrogens is 4. The normalized spacial score (nSPS) is 26.5. The molecular formula is C28H57N7O7Si3. The van der Waals surface area contributed by atoms with E-state index in [1.54, 1.807) is 0 Å². The lowest BCUT2D eigenvalue weighted by Gasteiger charge is -2.51. The van der Waals surface area contributed by atoms with Crippen LogP contribution < -0.4 is 17.0 Å². The van der Waals surface area contributed by atoms with E-state index < -0.39 is 65.2 Å². The zero-order chi connectivity index (χ0) is 35.0. The molecule has 45 heavy (non-hydrogen) atoms. The second-order valence-corrected chi connectivity index (χ2v) is 30.9. The molecule has 8 N–H and O–H groups in total. The Morgan fingerprint density at radius 2 is 1.33 bits per heavy atom. The van der Waals surface area contributed by atoms with Crippen LogP contribution in [0.15, 0.2) is 6.33 Å². The molecule has 1 unspecified atom stereocenters. The Bertz CT molecular complexity index is 1390. The topological polar surface area (TPSA) is 205 Å². The summed E-state index contributed by atoms with van der Waals surface area (Å²) in [5.74, 6) is 0.422. The van der Waals surface area contributed by atoms with Gasteiger partial charge in [-0.05, 0) is 54.4 Å². The van der Waals surface area contributed by atoms with Crippen molar-refractivity contribution in [2.45, 2.75) is 147 Å². The Kier molecular flexibility index (Phi) is 9.75. The van der Waals surface area contributed by atoms with Crippen molar-refractivity contribution in [1.82, 2.24) is 19.5 Å². The molecule has 5 atom stereocenters. The molecule has 258 valence electrons. The van der Waals surface area contributed by atoms with E-state index in [-0.39, 0.29) is 28.0 Å². The largest absolute Gasteiger partial charge is 0.390 e. The van der Waals surface area contributed by atoms with Gasteiger partial charge in [0.1, 0.15) is 5.52 Å². The fraction of sp³-hybridized carbons (Fsp3) is 0.821. The first-order chi connectivity index (χ1) is 20.0. The highest BCUT2D eigenvalue weighted by Gasteiger charge is 2.74. The first kappa shape index (κ1) is 37.9. The standard InChI is InChI=1S/C28H57N7O7Si3/c1-24(2,3)43(10,11)40-21(36)18-27(37,41-44(12,13)25(4,5)6)28(38,42-45(14,15)26(7,8)9)22(39-18)35-16-31-17-19(29)32-23(34-30)33-20(17)35/h16,18,21-22,36-38H,30H2,1-15H3,(H3,29,32,33,34)/t18-,21?,22-,27+,28-/m1/s1. The molecule has 3 rings (SSSR count). The van der Waals surface area contributed by atoms with Crippen molar-refractivity contribution in [1.29, 1.82) is 0 Å². The molecule has 0 spiro atoms. The van der Waals surface area contributed by atoms with E-state index in [1.807, 2.05) is 102 Å². The van der Waals surface area contributed by atoms with E-state index in [1.165, 1.54) is 10.9 Å². The second kappa shape index (κ2) is 11.6. The van der Waals surface area contributed by atoms with E-state index in [4.69, 9.17) is 29.6 Å². The molecule has 0 aromatic carbocycles. The number of rotatable bonds is 9. The van der Waals surface area contributed by atoms with Crippen molar-refractivity contribution in [3.05, 3.63) is 6.33 Å². The summed E-state index contributed by atoms with van der Waals surface area (Å²) in [7, 11) is -8.52. The zero-order valence-electron chi connectivity index (χ0n) is 29.7. The number of nitrogens with one attached hydrogen (secondary N) is 1. The average molecular weight is 688 g/mol. The molecule has 0 amide bonds. The van der Waals surface area contributed by atoms with Crippen LogP contribution in [-0.4, -0.2) is 83.8 Å². The lowest BCUT2D eigenvalue weighted by Crippen LogP contribution is -2.70. The third-order valence-electron chi connectivity index (χ3n) is 10.3. The predicted octanol–water partition coefficient (Wildman–Crippen LogP) is 4.35. The van der Waals surface area contributed by atoms with Gasteiger partial charge in [0.05, 0.1) is 6.33 Å². The maximum absolute atomic E-state index is 13.0. The van der Waals surface area contributed by atoms with Gasteiger partial charge in [0.2, 0.25) is 11.7 Å². The SMILES string of the molecule is CC(C)(C)[Si](C)(C)OC(O)[C@H]1O[C@@H](n2cnc3c(N)nc(NN)nc32)[C@@](O)(O[Si](C)(C)C(C)(C)C)[C@@]1(O)O[Si](C)(C)C(C)(C)C. The Hall–Kier alpha value is -1.52. The van der Waals surface area contributed by atoms with Crippen molar-refractivity contribution in [3.8, 4) is 0 Å². The van der Waals surface area contributed by atoms with Crippen LogP contribution in [0.25, 0.3) is 11.2 Å². The van der Waals surface area contributed by atoms with Crippen LogP contribution in [0.1, 0.15) is 68.5 Å². The summed E-state index contributed by atoms with van der Waals surface area (Å²) in [6.07, 6.45) is -3.51. The van der Waals surface area contributed by atoms with Gasteiger partial charge in [-0.1, -0.05) is 62.3 Å². The number of imidazole rings is 1. The molecule has 1 aliphatic heterocycles. The van der Waals surface area contributed by atoms with Gasteiger partial charge in [-0.2, -0.15) is 9.97 Å². The summed E-state index contributed by atoms with van der Waals surface area (Å²) in [6.45, 7) is 29.8. The molecule has 1 saturated heterocycles. The maximum Gasteiger partial charge on any atom is 0.261 e. The molecule has 0 radical (unpaired) electrons. The van der Waals surface area contributed by atoms with Crippen molar-refractivity contribution < 1.29 is 33.3 Å². The Morgan fingerprint density at radius 1 is 0.867 bits per heavy atom. The third kappa shape index (κ3) is 6.63. The van der Waals surface area contributed by atoms with Crippen LogP contribution >= 0.6 is 0 Å². The number of aliphatic hydroxyl groups excluding tert-OH is 1. The molecular weight excluding hydrogens is 631 g/mol. The number of hydrogen-bond acceptors (Lipinski definition) is 13. The van der Waals surface area contributed by atoms with E-state index >= 15 is 0 Å². The van der Waals surface area contributed by atoms with E-state index in [0.717, 1.165) is 0 Å². The number of aliphatic hydroxyl groups is 3. The number of nitrogens with two attached hydrogens (primary N) is 2. The van der Waals surface area contributed by atoms with Crippen LogP contribution in [0, 0.1) is 0 Å². The molecule has 1 fully saturated rings. The number of anilines is 2. The molecule has 0 saturated carbocycles. The van der Waals surface area contributed by atoms with Crippen LogP contribution in [0.2, 0.25) is 54.4 Å². The first-order valence-electron chi connectivity index (χ1n) is 15.3. The molecule has 0 bridgehead atoms. The first-order valence-corrected chi connectivity index (χ1v) is 24.0. The number of fused-ring (bicyclic) bond motifs is 1. The monoisotopic (exact) mass is 687 g/mol. The minimum Gasteiger partial charge on any atom is -0.390 e. The van der Waals surface area contributed by atoms with Crippen LogP contribution in [0.3, 0.4) is 0 Å². The molecule has 14 nitrogen and oxygen atoms in total. The lowest BCUT2D eigenvalue weighted by molar-refractivity contribution is -0.347. The highest BCUT2D eigenvalue weighted by atomic mass is 28.4. The predicted molar refractivity (Wildman–Crippen MR) is 182 cm³/mol. The minimum absolute atomic E-state index is 0.000712. The van der Waals surface area contributed by atoms with Gasteiger partial charge in [0.15, 0.2) is 55.0 Å². The number of nitrogens with zero attached hydrogens (tertiary/aromatic N) is 4. The Morgan fingerprint density at radius 3 is 1.78 bits per heavy atom. The van der Waals surface area contributed by atoms with E-state index in [2.05, 4.69) is 20.4 Å². The van der Waals surface area contributed by atoms with Gasteiger partial charge in [0.25, 0.3) is 5.79 Å². The van der Waals surface area contributed by atoms with Gasteiger partial charge in [-0.3, -0.25) is 9.99 Å². The van der Waals surface area contributed by atoms with E-state index in [9.17, 15) is 15.3 Å². The zero-order valence-corrected chi connectivity index (χ0v) is 32.7. The molecule has 3 heterocycles. The van der Waals surface area contributed by atoms with E-state index in [0.29, 0.717) is 0 Å². The summed E-state index contributed by atoms with van der Waals surface area (Å²) in [5, 5.41) is 36.7. The van der Waals surface area contributed by atoms with Gasteiger partial charge >= 0.3 is 0 Å². The number of hydrazine groups is 1. The van der Waals surface area contributed by atoms with Gasteiger partial charge in [0, 0.05) is 0 Å². The van der Waals surface area contributed by atoms with Crippen molar-refractivity contribution >= 4 is 47.9 Å². The van der Waals surface area contributed by atoms with Gasteiger partial charge in [-0.25, -0.2) is 10.8 Å². The van der Waals surface area contributed by atoms with Gasteiger partial charge in [-0.15, -0.1) is 0 Å². The number of ether oxygens (including phenoxy) is 1. The fourth-order valence-electron chi connectivity index (χ4n) is 4.27. The summed E-state index contributed by atoms with van der Waals surface area (Å²) >= 11 is 0. The third-order valence-corrected chi connectivity index (χ3v) is 23.6.